The number of nitrogens with two attached hydrogens (primary N) is 2. The van der Waals surface area contributed by atoms with Crippen molar-refractivity contribution < 1.29 is 19.5 Å². The SMILES string of the molecule is Cc1cc(C#Cc2ccc(C(=O)N[C@@H](CN)C(=O)CO)cc2)ccc1NC(=O)CN. The number of benzene rings is 2. The molecule has 8 heteroatoms. The molecule has 30 heavy (non-hydrogen) atoms. The van der Waals surface area contributed by atoms with Crippen LogP contribution >= 0.6 is 0 Å². The Kier molecular flexibility index (Phi) is 8.26. The molecule has 0 fully saturated rings. The fraction of sp³-hybridized carbons (Fsp3) is 0.227. The van der Waals surface area contributed by atoms with Gasteiger partial charge in [0.2, 0.25) is 5.91 Å². The van der Waals surface area contributed by atoms with Crippen LogP contribution in [-0.2, 0) is 9.59 Å². The Balaban J connectivity index is 2.07. The van der Waals surface area contributed by atoms with Crippen molar-refractivity contribution >= 4 is 23.3 Å². The molecular weight excluding hydrogens is 384 g/mol. The largest absolute Gasteiger partial charge is 0.388 e. The average molecular weight is 408 g/mol. The highest BCUT2D eigenvalue weighted by molar-refractivity contribution is 5.98. The van der Waals surface area contributed by atoms with Gasteiger partial charge in [0.25, 0.3) is 5.91 Å². The zero-order valence-corrected chi connectivity index (χ0v) is 16.6. The number of aliphatic hydroxyl groups is 1. The number of aliphatic hydroxyl groups excluding tert-OH is 1. The summed E-state index contributed by atoms with van der Waals surface area (Å²) in [6, 6.07) is 11.0. The molecule has 0 saturated heterocycles. The first-order chi connectivity index (χ1) is 14.4. The van der Waals surface area contributed by atoms with Gasteiger partial charge in [0.1, 0.15) is 12.6 Å². The molecule has 7 N–H and O–H groups in total. The van der Waals surface area contributed by atoms with Crippen LogP contribution in [0.1, 0.15) is 27.0 Å². The lowest BCUT2D eigenvalue weighted by atomic mass is 10.1. The molecule has 0 spiro atoms. The van der Waals surface area contributed by atoms with Gasteiger partial charge in [-0.1, -0.05) is 11.8 Å². The lowest BCUT2D eigenvalue weighted by Gasteiger charge is -2.14. The molecule has 2 aromatic carbocycles. The number of hydrogen-bond acceptors (Lipinski definition) is 6. The molecular formula is C22H24N4O4. The molecule has 0 aliphatic carbocycles. The first kappa shape index (κ1) is 22.8. The maximum Gasteiger partial charge on any atom is 0.251 e. The van der Waals surface area contributed by atoms with E-state index in [1.165, 1.54) is 0 Å². The van der Waals surface area contributed by atoms with E-state index in [0.29, 0.717) is 16.8 Å². The molecule has 2 rings (SSSR count). The number of carbonyl (C=O) groups is 3. The van der Waals surface area contributed by atoms with Crippen molar-refractivity contribution in [1.82, 2.24) is 5.32 Å². The highest BCUT2D eigenvalue weighted by Crippen LogP contribution is 2.16. The topological polar surface area (TPSA) is 148 Å². The normalized spacial score (nSPS) is 11.1. The van der Waals surface area contributed by atoms with Crippen LogP contribution in [0.25, 0.3) is 0 Å². The van der Waals surface area contributed by atoms with E-state index in [0.717, 1.165) is 11.1 Å². The number of anilines is 1. The average Bonchev–Trinajstić information content (AvgIpc) is 2.77. The Hall–Kier alpha value is -3.51. The molecule has 0 aliphatic heterocycles. The van der Waals surface area contributed by atoms with E-state index < -0.39 is 24.3 Å². The highest BCUT2D eigenvalue weighted by atomic mass is 16.3. The van der Waals surface area contributed by atoms with Gasteiger partial charge in [0.05, 0.1) is 6.54 Å². The van der Waals surface area contributed by atoms with Crippen molar-refractivity contribution in [2.75, 3.05) is 25.0 Å². The van der Waals surface area contributed by atoms with Crippen LogP contribution in [-0.4, -0.2) is 48.4 Å². The molecule has 8 nitrogen and oxygen atoms in total. The number of nitrogens with one attached hydrogen (secondary N) is 2. The lowest BCUT2D eigenvalue weighted by Crippen LogP contribution is -2.46. The predicted octanol–water partition coefficient (Wildman–Crippen LogP) is -0.0895. The minimum atomic E-state index is -0.928. The van der Waals surface area contributed by atoms with Gasteiger partial charge >= 0.3 is 0 Å². The number of aryl methyl sites for hydroxylation is 1. The number of amides is 2. The van der Waals surface area contributed by atoms with Gasteiger partial charge in [0, 0.05) is 28.9 Å². The van der Waals surface area contributed by atoms with Gasteiger partial charge in [-0.15, -0.1) is 0 Å². The summed E-state index contributed by atoms with van der Waals surface area (Å²) in [4.78, 5) is 35.1. The molecule has 0 unspecified atom stereocenters. The third-order valence-corrected chi connectivity index (χ3v) is 4.27. The van der Waals surface area contributed by atoms with E-state index >= 15 is 0 Å². The third kappa shape index (κ3) is 6.25. The second-order valence-electron chi connectivity index (χ2n) is 6.50. The van der Waals surface area contributed by atoms with Gasteiger partial charge in [-0.05, 0) is 55.0 Å². The first-order valence-corrected chi connectivity index (χ1v) is 9.25. The zero-order chi connectivity index (χ0) is 22.1. The summed E-state index contributed by atoms with van der Waals surface area (Å²) in [7, 11) is 0. The van der Waals surface area contributed by atoms with Gasteiger partial charge in [-0.2, -0.15) is 0 Å². The van der Waals surface area contributed by atoms with Crippen LogP contribution < -0.4 is 22.1 Å². The Morgan fingerprint density at radius 1 is 1.03 bits per heavy atom. The standard InChI is InChI=1S/C22H24N4O4/c1-14-10-16(6-9-18(14)25-21(29)12-24)3-2-15-4-7-17(8-5-15)22(30)26-19(11-23)20(28)13-27/h4-10,19,27H,11-13,23-24H2,1H3,(H,25,29)(H,26,30)/t19-/m0/s1. The van der Waals surface area contributed by atoms with Crippen molar-refractivity contribution in [1.29, 1.82) is 0 Å². The van der Waals surface area contributed by atoms with Gasteiger partial charge in [0.15, 0.2) is 5.78 Å². The monoisotopic (exact) mass is 408 g/mol. The minimum absolute atomic E-state index is 0.0837. The Morgan fingerprint density at radius 2 is 1.67 bits per heavy atom. The quantitative estimate of drug-likeness (QED) is 0.405. The van der Waals surface area contributed by atoms with Gasteiger partial charge < -0.3 is 27.2 Å². The molecule has 1 atom stereocenters. The van der Waals surface area contributed by atoms with Crippen LogP contribution in [0.15, 0.2) is 42.5 Å². The fourth-order valence-corrected chi connectivity index (χ4v) is 2.55. The smallest absolute Gasteiger partial charge is 0.251 e. The van der Waals surface area contributed by atoms with Crippen LogP contribution in [0.3, 0.4) is 0 Å². The van der Waals surface area contributed by atoms with Crippen LogP contribution in [0.5, 0.6) is 0 Å². The van der Waals surface area contributed by atoms with Crippen LogP contribution in [0.2, 0.25) is 0 Å². The highest BCUT2D eigenvalue weighted by Gasteiger charge is 2.18. The van der Waals surface area contributed by atoms with Crippen LogP contribution in [0, 0.1) is 18.8 Å². The summed E-state index contributed by atoms with van der Waals surface area (Å²) in [5.74, 6) is 4.77. The van der Waals surface area contributed by atoms with E-state index in [1.54, 1.807) is 36.4 Å². The van der Waals surface area contributed by atoms with Gasteiger partial charge in [-0.3, -0.25) is 14.4 Å². The van der Waals surface area contributed by atoms with Crippen molar-refractivity contribution in [3.63, 3.8) is 0 Å². The maximum absolute atomic E-state index is 12.2. The van der Waals surface area contributed by atoms with E-state index in [9.17, 15) is 14.4 Å². The number of carbonyl (C=O) groups excluding carboxylic acids is 3. The lowest BCUT2D eigenvalue weighted by molar-refractivity contribution is -0.123. The van der Waals surface area contributed by atoms with Crippen molar-refractivity contribution in [3.05, 3.63) is 64.7 Å². The Morgan fingerprint density at radius 3 is 2.23 bits per heavy atom. The molecule has 0 bridgehead atoms. The summed E-state index contributed by atoms with van der Waals surface area (Å²) in [6.07, 6.45) is 0. The number of ketones is 1. The van der Waals surface area contributed by atoms with Crippen molar-refractivity contribution in [2.45, 2.75) is 13.0 Å². The molecule has 0 aromatic heterocycles. The van der Waals surface area contributed by atoms with E-state index in [2.05, 4.69) is 22.5 Å². The Bertz CT molecular complexity index is 990. The van der Waals surface area contributed by atoms with Gasteiger partial charge in [-0.25, -0.2) is 0 Å². The predicted molar refractivity (Wildman–Crippen MR) is 114 cm³/mol. The molecule has 0 radical (unpaired) electrons. The van der Waals surface area contributed by atoms with E-state index in [-0.39, 0.29) is 19.0 Å². The molecule has 0 aliphatic rings. The number of Topliss-reactive ketones (excluding diaryl/α,β-unsaturated/α-hetero) is 1. The molecule has 2 amide bonds. The summed E-state index contributed by atoms with van der Waals surface area (Å²) in [5, 5.41) is 14.1. The second-order valence-corrected chi connectivity index (χ2v) is 6.50. The van der Waals surface area contributed by atoms with E-state index in [4.69, 9.17) is 16.6 Å². The first-order valence-electron chi connectivity index (χ1n) is 9.25. The maximum atomic E-state index is 12.2. The summed E-state index contributed by atoms with van der Waals surface area (Å²) in [5.41, 5.74) is 14.1. The second kappa shape index (κ2) is 10.9. The zero-order valence-electron chi connectivity index (χ0n) is 16.6. The summed E-state index contributed by atoms with van der Waals surface area (Å²) >= 11 is 0. The van der Waals surface area contributed by atoms with Crippen molar-refractivity contribution in [2.24, 2.45) is 11.5 Å². The van der Waals surface area contributed by atoms with Crippen LogP contribution in [0.4, 0.5) is 5.69 Å². The number of hydrogen-bond donors (Lipinski definition) is 5. The molecule has 0 saturated carbocycles. The summed E-state index contributed by atoms with van der Waals surface area (Å²) in [6.45, 7) is 1.000. The third-order valence-electron chi connectivity index (χ3n) is 4.27. The molecule has 156 valence electrons. The Labute approximate surface area is 174 Å². The fourth-order valence-electron chi connectivity index (χ4n) is 2.55. The molecule has 0 heterocycles. The minimum Gasteiger partial charge on any atom is -0.388 e. The molecule has 2 aromatic rings. The van der Waals surface area contributed by atoms with Crippen molar-refractivity contribution in [3.8, 4) is 11.8 Å². The summed E-state index contributed by atoms with van der Waals surface area (Å²) < 4.78 is 0. The van der Waals surface area contributed by atoms with E-state index in [1.807, 2.05) is 13.0 Å². The number of rotatable bonds is 7.